The fourth-order valence-corrected chi connectivity index (χ4v) is 7.99. The third-order valence-electron chi connectivity index (χ3n) is 10.5. The van der Waals surface area contributed by atoms with Gasteiger partial charge >= 0.3 is 11.8 Å². The maximum atomic E-state index is 14.0. The quantitative estimate of drug-likeness (QED) is 0.291. The normalized spacial score (nSPS) is 19.6. The third-order valence-corrected chi connectivity index (χ3v) is 11.2. The lowest BCUT2D eigenvalue weighted by Gasteiger charge is -2.42. The van der Waals surface area contributed by atoms with Gasteiger partial charge in [0, 0.05) is 63.2 Å². The molecule has 3 saturated heterocycles. The van der Waals surface area contributed by atoms with E-state index in [1.807, 2.05) is 51.9 Å². The summed E-state index contributed by atoms with van der Waals surface area (Å²) >= 11 is 12.5. The van der Waals surface area contributed by atoms with Crippen LogP contribution in [-0.2, 0) is 16.0 Å². The van der Waals surface area contributed by atoms with Crippen molar-refractivity contribution in [2.45, 2.75) is 50.3 Å². The first kappa shape index (κ1) is 33.0. The number of imidazole rings is 1. The molecule has 3 fully saturated rings. The van der Waals surface area contributed by atoms with E-state index in [4.69, 9.17) is 27.9 Å². The van der Waals surface area contributed by atoms with Gasteiger partial charge in [0.05, 0.1) is 21.1 Å². The third kappa shape index (κ3) is 6.81. The number of hydrogen-bond donors (Lipinski definition) is 1. The number of nitrogens with zero attached hydrogens (tertiary/aromatic N) is 5. The summed E-state index contributed by atoms with van der Waals surface area (Å²) in [6, 6.07) is 17.7. The minimum atomic E-state index is -0.994. The summed E-state index contributed by atoms with van der Waals surface area (Å²) in [5, 5.41) is 2.89. The van der Waals surface area contributed by atoms with E-state index < -0.39 is 12.2 Å². The van der Waals surface area contributed by atoms with E-state index in [0.717, 1.165) is 66.4 Å². The molecule has 0 saturated carbocycles. The molecule has 1 aromatic heterocycles. The van der Waals surface area contributed by atoms with Crippen molar-refractivity contribution in [2.75, 3.05) is 59.4 Å². The molecule has 1 N–H and O–H groups in total. The molecule has 3 aliphatic rings. The van der Waals surface area contributed by atoms with Gasteiger partial charge in [-0.25, -0.2) is 9.59 Å². The fraction of sp³-hybridized carbons (Fsp3) is 0.472. The Morgan fingerprint density at radius 1 is 0.833 bits per heavy atom. The zero-order valence-corrected chi connectivity index (χ0v) is 28.8. The molecule has 10 nitrogen and oxygen atoms in total. The predicted molar refractivity (Wildman–Crippen MR) is 189 cm³/mol. The number of H-pyrrole nitrogens is 1. The standard InChI is InChI=1S/C36H42Cl2N6O4/c1-40-14-10-26(11-15-40)41-18-20-42(21-19-41)34(45)32(23-24-6-8-29(37)30(38)22-24)48-36(47)43-16-12-27(13-17-43)44-31-9-7-25-4-2-3-5-28(25)33(31)39-35(44)46/h2-9,22,26-27,32H,10-21,23H2,1H3,(H,39,46)/t32-/m1/s1. The van der Waals surface area contributed by atoms with Crippen LogP contribution in [0.2, 0.25) is 10.0 Å². The van der Waals surface area contributed by atoms with Gasteiger partial charge in [-0.05, 0) is 75.0 Å². The van der Waals surface area contributed by atoms with E-state index in [1.54, 1.807) is 17.0 Å². The monoisotopic (exact) mass is 692 g/mol. The Morgan fingerprint density at radius 2 is 1.54 bits per heavy atom. The molecule has 0 aliphatic carbocycles. The van der Waals surface area contributed by atoms with Crippen molar-refractivity contribution < 1.29 is 14.3 Å². The molecule has 7 rings (SSSR count). The number of rotatable bonds is 6. The summed E-state index contributed by atoms with van der Waals surface area (Å²) in [5.74, 6) is -0.190. The zero-order valence-electron chi connectivity index (χ0n) is 27.2. The Labute approximate surface area is 290 Å². The lowest BCUT2D eigenvalue weighted by molar-refractivity contribution is -0.143. The molecule has 3 aliphatic heterocycles. The fourth-order valence-electron chi connectivity index (χ4n) is 7.67. The molecule has 254 valence electrons. The number of hydrogen-bond acceptors (Lipinski definition) is 6. The maximum absolute atomic E-state index is 14.0. The number of amides is 2. The minimum absolute atomic E-state index is 0.0639. The van der Waals surface area contributed by atoms with Crippen LogP contribution in [0.15, 0.2) is 59.4 Å². The van der Waals surface area contributed by atoms with E-state index in [9.17, 15) is 14.4 Å². The number of benzene rings is 3. The van der Waals surface area contributed by atoms with Crippen molar-refractivity contribution in [3.8, 4) is 0 Å². The predicted octanol–water partition coefficient (Wildman–Crippen LogP) is 5.41. The Kier molecular flexibility index (Phi) is 9.69. The SMILES string of the molecule is CN1CCC(N2CCN(C(=O)[C@@H](Cc3ccc(Cl)c(Cl)c3)OC(=O)N3CCC(n4c(=O)[nH]c5c6ccccc6ccc54)CC3)CC2)CC1. The molecule has 4 aromatic rings. The van der Waals surface area contributed by atoms with Crippen molar-refractivity contribution in [3.05, 3.63) is 80.7 Å². The molecule has 2 amide bonds. The number of halogens is 2. The van der Waals surface area contributed by atoms with Gasteiger partial charge in [0.1, 0.15) is 0 Å². The van der Waals surface area contributed by atoms with Crippen molar-refractivity contribution in [2.24, 2.45) is 0 Å². The molecule has 0 unspecified atom stereocenters. The molecule has 12 heteroatoms. The highest BCUT2D eigenvalue weighted by Crippen LogP contribution is 2.30. The first-order valence-corrected chi connectivity index (χ1v) is 17.7. The summed E-state index contributed by atoms with van der Waals surface area (Å²) in [6.07, 6.45) is 2.17. The van der Waals surface area contributed by atoms with Crippen molar-refractivity contribution in [1.29, 1.82) is 0 Å². The van der Waals surface area contributed by atoms with Gasteiger partial charge in [0.25, 0.3) is 5.91 Å². The van der Waals surface area contributed by atoms with Crippen LogP contribution < -0.4 is 5.69 Å². The highest BCUT2D eigenvalue weighted by molar-refractivity contribution is 6.42. The van der Waals surface area contributed by atoms with Gasteiger partial charge in [0.2, 0.25) is 0 Å². The van der Waals surface area contributed by atoms with E-state index in [1.165, 1.54) is 0 Å². The van der Waals surface area contributed by atoms with Crippen molar-refractivity contribution in [3.63, 3.8) is 0 Å². The van der Waals surface area contributed by atoms with E-state index in [-0.39, 0.29) is 24.1 Å². The van der Waals surface area contributed by atoms with E-state index in [2.05, 4.69) is 21.8 Å². The number of likely N-dealkylation sites (tertiary alicyclic amines) is 2. The largest absolute Gasteiger partial charge is 0.436 e. The summed E-state index contributed by atoms with van der Waals surface area (Å²) in [5.41, 5.74) is 2.31. The van der Waals surface area contributed by atoms with Crippen LogP contribution in [0.1, 0.15) is 37.3 Å². The molecular weight excluding hydrogens is 651 g/mol. The number of carbonyl (C=O) groups excluding carboxylic acids is 2. The first-order valence-electron chi connectivity index (χ1n) is 17.0. The van der Waals surface area contributed by atoms with Crippen LogP contribution in [0.4, 0.5) is 4.79 Å². The van der Waals surface area contributed by atoms with Gasteiger partial charge in [-0.3, -0.25) is 14.3 Å². The number of aromatic amines is 1. The van der Waals surface area contributed by atoms with Crippen molar-refractivity contribution in [1.82, 2.24) is 29.2 Å². The van der Waals surface area contributed by atoms with Crippen LogP contribution >= 0.6 is 23.2 Å². The maximum Gasteiger partial charge on any atom is 0.410 e. The molecule has 0 bridgehead atoms. The number of piperidine rings is 2. The second kappa shape index (κ2) is 14.1. The number of ether oxygens (including phenoxy) is 1. The van der Waals surface area contributed by atoms with Gasteiger partial charge in [-0.15, -0.1) is 0 Å². The van der Waals surface area contributed by atoms with E-state index >= 15 is 0 Å². The van der Waals surface area contributed by atoms with Gasteiger partial charge < -0.3 is 24.4 Å². The smallest absolute Gasteiger partial charge is 0.410 e. The average Bonchev–Trinajstić information content (AvgIpc) is 3.46. The molecule has 1 atom stereocenters. The number of aromatic nitrogens is 2. The summed E-state index contributed by atoms with van der Waals surface area (Å²) in [4.78, 5) is 52.1. The van der Waals surface area contributed by atoms with Crippen molar-refractivity contribution >= 4 is 57.0 Å². The van der Waals surface area contributed by atoms with Crippen LogP contribution in [0.25, 0.3) is 21.8 Å². The second-order valence-electron chi connectivity index (χ2n) is 13.4. The first-order chi connectivity index (χ1) is 23.2. The summed E-state index contributed by atoms with van der Waals surface area (Å²) in [7, 11) is 2.16. The Hall–Kier alpha value is -3.57. The molecule has 48 heavy (non-hydrogen) atoms. The molecule has 4 heterocycles. The topological polar surface area (TPSA) is 94.1 Å². The number of piperazine rings is 1. The number of carbonyl (C=O) groups is 2. The van der Waals surface area contributed by atoms with Gasteiger partial charge in [0.15, 0.2) is 6.10 Å². The van der Waals surface area contributed by atoms with Gasteiger partial charge in [-0.2, -0.15) is 0 Å². The van der Waals surface area contributed by atoms with E-state index in [0.29, 0.717) is 55.1 Å². The Morgan fingerprint density at radius 3 is 2.27 bits per heavy atom. The number of fused-ring (bicyclic) bond motifs is 3. The van der Waals surface area contributed by atoms with Crippen LogP contribution in [-0.4, -0.2) is 113 Å². The molecular formula is C36H42Cl2N6O4. The lowest BCUT2D eigenvalue weighted by Crippen LogP contribution is -2.56. The number of nitrogens with one attached hydrogen (secondary N) is 1. The summed E-state index contributed by atoms with van der Waals surface area (Å²) < 4.78 is 7.85. The molecule has 3 aromatic carbocycles. The Balaban J connectivity index is 1.02. The second-order valence-corrected chi connectivity index (χ2v) is 14.2. The molecule has 0 spiro atoms. The highest BCUT2D eigenvalue weighted by Gasteiger charge is 2.35. The minimum Gasteiger partial charge on any atom is -0.436 e. The Bertz CT molecular complexity index is 1850. The average molecular weight is 694 g/mol. The zero-order chi connectivity index (χ0) is 33.4. The lowest BCUT2D eigenvalue weighted by atomic mass is 10.0. The summed E-state index contributed by atoms with van der Waals surface area (Å²) in [6.45, 7) is 5.84. The van der Waals surface area contributed by atoms with Crippen LogP contribution in [0, 0.1) is 0 Å². The van der Waals surface area contributed by atoms with Gasteiger partial charge in [-0.1, -0.05) is 59.6 Å². The van der Waals surface area contributed by atoms with Crippen LogP contribution in [0.5, 0.6) is 0 Å². The highest BCUT2D eigenvalue weighted by atomic mass is 35.5. The molecule has 0 radical (unpaired) electrons. The van der Waals surface area contributed by atoms with Crippen LogP contribution in [0.3, 0.4) is 0 Å².